The summed E-state index contributed by atoms with van der Waals surface area (Å²) in [7, 11) is 0. The Bertz CT molecular complexity index is 889. The summed E-state index contributed by atoms with van der Waals surface area (Å²) in [6, 6.07) is 8.53. The van der Waals surface area contributed by atoms with E-state index >= 15 is 0 Å². The summed E-state index contributed by atoms with van der Waals surface area (Å²) >= 11 is 6.71. The number of nitrogens with zero attached hydrogens (tertiary/aromatic N) is 1. The van der Waals surface area contributed by atoms with Crippen molar-refractivity contribution in [2.45, 2.75) is 6.92 Å². The molecular weight excluding hydrogens is 376 g/mol. The molecule has 1 aliphatic rings. The quantitative estimate of drug-likeness (QED) is 0.787. The van der Waals surface area contributed by atoms with Crippen LogP contribution in [0.4, 0.5) is 4.79 Å². The predicted molar refractivity (Wildman–Crippen MR) is 99.9 cm³/mol. The Labute approximate surface area is 159 Å². The molecule has 0 atom stereocenters. The molecule has 3 rings (SSSR count). The van der Waals surface area contributed by atoms with Gasteiger partial charge in [-0.3, -0.25) is 19.3 Å². The summed E-state index contributed by atoms with van der Waals surface area (Å²) in [5.41, 5.74) is 1.21. The summed E-state index contributed by atoms with van der Waals surface area (Å²) in [6.07, 6.45) is 3.08. The average molecular weight is 391 g/mol. The summed E-state index contributed by atoms with van der Waals surface area (Å²) in [5.74, 6) is -0.164. The van der Waals surface area contributed by atoms with Gasteiger partial charge in [0.05, 0.1) is 16.7 Å². The van der Waals surface area contributed by atoms with Crippen LogP contribution in [0.25, 0.3) is 6.08 Å². The van der Waals surface area contributed by atoms with Crippen molar-refractivity contribution in [3.63, 3.8) is 0 Å². The first kappa shape index (κ1) is 18.3. The molecule has 1 saturated heterocycles. The minimum absolute atomic E-state index is 0.102. The van der Waals surface area contributed by atoms with E-state index in [4.69, 9.17) is 16.0 Å². The number of rotatable bonds is 5. The summed E-state index contributed by atoms with van der Waals surface area (Å²) in [5, 5.41) is 2.91. The van der Waals surface area contributed by atoms with E-state index in [9.17, 15) is 14.4 Å². The van der Waals surface area contributed by atoms with Crippen molar-refractivity contribution in [3.05, 3.63) is 63.4 Å². The zero-order valence-electron chi connectivity index (χ0n) is 13.8. The van der Waals surface area contributed by atoms with Gasteiger partial charge in [0.25, 0.3) is 17.1 Å². The van der Waals surface area contributed by atoms with Gasteiger partial charge in [0.15, 0.2) is 0 Å². The molecule has 6 nitrogen and oxygen atoms in total. The molecule has 1 aliphatic heterocycles. The lowest BCUT2D eigenvalue weighted by Crippen LogP contribution is -2.37. The Morgan fingerprint density at radius 1 is 1.27 bits per heavy atom. The maximum Gasteiger partial charge on any atom is 0.293 e. The molecule has 0 aliphatic carbocycles. The Balaban J connectivity index is 1.60. The molecule has 0 bridgehead atoms. The van der Waals surface area contributed by atoms with Crippen molar-refractivity contribution in [3.8, 4) is 0 Å². The maximum atomic E-state index is 12.4. The molecule has 3 amide bonds. The SMILES string of the molecule is Cc1occc1C(=O)NCCN1C(=O)S/C(=C\c2ccc(Cl)cc2)C1=O. The molecule has 26 heavy (non-hydrogen) atoms. The first-order valence-electron chi connectivity index (χ1n) is 7.79. The number of halogens is 1. The molecule has 0 radical (unpaired) electrons. The van der Waals surface area contributed by atoms with Crippen LogP contribution in [0.3, 0.4) is 0 Å². The second-order valence-electron chi connectivity index (χ2n) is 5.53. The second kappa shape index (κ2) is 7.80. The van der Waals surface area contributed by atoms with Crippen molar-refractivity contribution in [1.29, 1.82) is 0 Å². The van der Waals surface area contributed by atoms with E-state index in [0.29, 0.717) is 21.3 Å². The van der Waals surface area contributed by atoms with E-state index in [-0.39, 0.29) is 30.1 Å². The maximum absolute atomic E-state index is 12.4. The van der Waals surface area contributed by atoms with Crippen molar-refractivity contribution in [1.82, 2.24) is 10.2 Å². The highest BCUT2D eigenvalue weighted by atomic mass is 35.5. The highest BCUT2D eigenvalue weighted by Crippen LogP contribution is 2.32. The number of aryl methyl sites for hydroxylation is 1. The molecule has 0 saturated carbocycles. The van der Waals surface area contributed by atoms with Gasteiger partial charge in [0, 0.05) is 18.1 Å². The van der Waals surface area contributed by atoms with E-state index < -0.39 is 0 Å². The van der Waals surface area contributed by atoms with Gasteiger partial charge in [-0.25, -0.2) is 0 Å². The summed E-state index contributed by atoms with van der Waals surface area (Å²) in [6.45, 7) is 1.95. The van der Waals surface area contributed by atoms with E-state index in [1.807, 2.05) is 0 Å². The van der Waals surface area contributed by atoms with E-state index in [1.54, 1.807) is 43.3 Å². The highest BCUT2D eigenvalue weighted by molar-refractivity contribution is 8.18. The van der Waals surface area contributed by atoms with Gasteiger partial charge in [-0.1, -0.05) is 23.7 Å². The Morgan fingerprint density at radius 2 is 2.00 bits per heavy atom. The van der Waals surface area contributed by atoms with Crippen LogP contribution in [-0.2, 0) is 4.79 Å². The van der Waals surface area contributed by atoms with Gasteiger partial charge >= 0.3 is 0 Å². The zero-order chi connectivity index (χ0) is 18.7. The fraction of sp³-hybridized carbons (Fsp3) is 0.167. The van der Waals surface area contributed by atoms with Gasteiger partial charge < -0.3 is 9.73 Å². The lowest BCUT2D eigenvalue weighted by Gasteiger charge is -2.12. The summed E-state index contributed by atoms with van der Waals surface area (Å²) in [4.78, 5) is 38.0. The fourth-order valence-corrected chi connectivity index (χ4v) is 3.39. The van der Waals surface area contributed by atoms with E-state index in [2.05, 4.69) is 5.32 Å². The summed E-state index contributed by atoms with van der Waals surface area (Å²) < 4.78 is 5.08. The standard InChI is InChI=1S/C18H15ClN2O4S/c1-11-14(6-9-25-11)16(22)20-7-8-21-17(23)15(26-18(21)24)10-12-2-4-13(19)5-3-12/h2-6,9-10H,7-8H2,1H3,(H,20,22)/b15-10-. The molecule has 0 unspecified atom stereocenters. The van der Waals surface area contributed by atoms with E-state index in [0.717, 1.165) is 22.2 Å². The van der Waals surface area contributed by atoms with Crippen LogP contribution in [0.15, 0.2) is 45.9 Å². The third kappa shape index (κ3) is 4.00. The third-order valence-corrected chi connectivity index (χ3v) is 4.93. The molecule has 1 fully saturated rings. The molecule has 1 N–H and O–H groups in total. The van der Waals surface area contributed by atoms with Gasteiger partial charge in [0.1, 0.15) is 5.76 Å². The zero-order valence-corrected chi connectivity index (χ0v) is 15.4. The second-order valence-corrected chi connectivity index (χ2v) is 6.96. The van der Waals surface area contributed by atoms with Crippen LogP contribution in [0.2, 0.25) is 5.02 Å². The van der Waals surface area contributed by atoms with Crippen LogP contribution < -0.4 is 5.32 Å². The number of furan rings is 1. The van der Waals surface area contributed by atoms with Crippen LogP contribution in [0, 0.1) is 6.92 Å². The largest absolute Gasteiger partial charge is 0.469 e. The third-order valence-electron chi connectivity index (χ3n) is 3.77. The Morgan fingerprint density at radius 3 is 2.65 bits per heavy atom. The molecule has 134 valence electrons. The smallest absolute Gasteiger partial charge is 0.293 e. The number of benzene rings is 1. The van der Waals surface area contributed by atoms with Crippen LogP contribution >= 0.6 is 23.4 Å². The first-order chi connectivity index (χ1) is 12.5. The number of carbonyl (C=O) groups excluding carboxylic acids is 3. The molecule has 1 aromatic heterocycles. The van der Waals surface area contributed by atoms with Crippen molar-refractivity contribution in [2.75, 3.05) is 13.1 Å². The minimum atomic E-state index is -0.372. The minimum Gasteiger partial charge on any atom is -0.469 e. The van der Waals surface area contributed by atoms with E-state index in [1.165, 1.54) is 6.26 Å². The molecule has 2 heterocycles. The fourth-order valence-electron chi connectivity index (χ4n) is 2.40. The van der Waals surface area contributed by atoms with Gasteiger partial charge in [-0.15, -0.1) is 0 Å². The Hall–Kier alpha value is -2.51. The topological polar surface area (TPSA) is 79.6 Å². The first-order valence-corrected chi connectivity index (χ1v) is 8.98. The van der Waals surface area contributed by atoms with Gasteiger partial charge in [-0.2, -0.15) is 0 Å². The number of amides is 3. The van der Waals surface area contributed by atoms with Crippen LogP contribution in [0.5, 0.6) is 0 Å². The molecule has 0 spiro atoms. The normalized spacial score (nSPS) is 15.8. The highest BCUT2D eigenvalue weighted by Gasteiger charge is 2.34. The molecule has 1 aromatic carbocycles. The van der Waals surface area contributed by atoms with Crippen molar-refractivity contribution in [2.24, 2.45) is 0 Å². The number of carbonyl (C=O) groups is 3. The predicted octanol–water partition coefficient (Wildman–Crippen LogP) is 3.71. The number of imide groups is 1. The lowest BCUT2D eigenvalue weighted by atomic mass is 10.2. The number of hydrogen-bond donors (Lipinski definition) is 1. The van der Waals surface area contributed by atoms with Gasteiger partial charge in [-0.05, 0) is 48.5 Å². The number of nitrogens with one attached hydrogen (secondary N) is 1. The van der Waals surface area contributed by atoms with Crippen LogP contribution in [0.1, 0.15) is 21.7 Å². The average Bonchev–Trinajstić information content (AvgIpc) is 3.15. The Kier molecular flexibility index (Phi) is 5.49. The monoisotopic (exact) mass is 390 g/mol. The molecule has 2 aromatic rings. The van der Waals surface area contributed by atoms with Crippen LogP contribution in [-0.4, -0.2) is 35.0 Å². The van der Waals surface area contributed by atoms with Crippen molar-refractivity contribution >= 4 is 46.5 Å². The number of thioether (sulfide) groups is 1. The lowest BCUT2D eigenvalue weighted by molar-refractivity contribution is -0.122. The molecular formula is C18H15ClN2O4S. The number of hydrogen-bond acceptors (Lipinski definition) is 5. The van der Waals surface area contributed by atoms with Gasteiger partial charge in [0.2, 0.25) is 0 Å². The molecule has 8 heteroatoms. The van der Waals surface area contributed by atoms with Crippen molar-refractivity contribution < 1.29 is 18.8 Å².